The maximum Gasteiger partial charge on any atom is 0.176 e. The molecule has 182 valence electrons. The Kier molecular flexibility index (Phi) is 5.91. The van der Waals surface area contributed by atoms with Crippen molar-refractivity contribution in [3.8, 4) is 5.69 Å². The summed E-state index contributed by atoms with van der Waals surface area (Å²) in [4.78, 5) is 6.71. The van der Waals surface area contributed by atoms with Crippen LogP contribution in [0, 0.1) is 11.6 Å². The average Bonchev–Trinajstić information content (AvgIpc) is 3.46. The molecule has 36 heavy (non-hydrogen) atoms. The molecule has 4 aromatic rings. The topological polar surface area (TPSA) is 54.7 Å². The maximum absolute atomic E-state index is 14.6. The lowest BCUT2D eigenvalue weighted by Crippen LogP contribution is -2.23. The van der Waals surface area contributed by atoms with E-state index in [2.05, 4.69) is 32.4 Å². The molecule has 0 aliphatic carbocycles. The molecule has 9 heteroatoms. The molecule has 1 atom stereocenters. The molecule has 1 saturated heterocycles. The van der Waals surface area contributed by atoms with E-state index in [1.54, 1.807) is 4.68 Å². The lowest BCUT2D eigenvalue weighted by molar-refractivity contribution is 0.0553. The van der Waals surface area contributed by atoms with Crippen LogP contribution < -0.4 is 10.2 Å². The summed E-state index contributed by atoms with van der Waals surface area (Å²) in [5.41, 5.74) is 3.17. The molecular formula is C27H22ClF2N5O. The summed E-state index contributed by atoms with van der Waals surface area (Å²) in [6.07, 6.45) is 2.51. The zero-order valence-electron chi connectivity index (χ0n) is 19.2. The van der Waals surface area contributed by atoms with Crippen LogP contribution in [0.2, 0.25) is 5.02 Å². The minimum absolute atomic E-state index is 0.0244. The van der Waals surface area contributed by atoms with Crippen LogP contribution in [0.5, 0.6) is 0 Å². The van der Waals surface area contributed by atoms with Crippen LogP contribution in [0.1, 0.15) is 17.5 Å². The lowest BCUT2D eigenvalue weighted by Gasteiger charge is -2.21. The van der Waals surface area contributed by atoms with Crippen molar-refractivity contribution >= 4 is 34.6 Å². The molecule has 1 unspecified atom stereocenters. The molecule has 1 aromatic heterocycles. The fourth-order valence-corrected chi connectivity index (χ4v) is 4.75. The van der Waals surface area contributed by atoms with Crippen molar-refractivity contribution < 1.29 is 13.5 Å². The molecule has 0 saturated carbocycles. The SMILES string of the molecule is Fc1cccc(F)c1C1=Nc2c(Cl)cnn2-c2cc(N3CCC(OCc4ccccc4)C3)ccc2N1. The number of ether oxygens (including phenoxy) is 1. The Balaban J connectivity index is 1.28. The monoisotopic (exact) mass is 505 g/mol. The van der Waals surface area contributed by atoms with Gasteiger partial charge in [-0.05, 0) is 42.3 Å². The highest BCUT2D eigenvalue weighted by Gasteiger charge is 2.27. The summed E-state index contributed by atoms with van der Waals surface area (Å²) in [5.74, 6) is -1.12. The van der Waals surface area contributed by atoms with Crippen LogP contribution in [0.3, 0.4) is 0 Å². The zero-order chi connectivity index (χ0) is 24.6. The number of rotatable bonds is 5. The summed E-state index contributed by atoms with van der Waals surface area (Å²) in [6.45, 7) is 2.18. The maximum atomic E-state index is 14.6. The van der Waals surface area contributed by atoms with E-state index in [0.29, 0.717) is 23.8 Å². The number of hydrogen-bond donors (Lipinski definition) is 1. The van der Waals surface area contributed by atoms with Gasteiger partial charge in [-0.15, -0.1) is 0 Å². The predicted molar refractivity (Wildman–Crippen MR) is 137 cm³/mol. The van der Waals surface area contributed by atoms with Crippen molar-refractivity contribution in [2.24, 2.45) is 4.99 Å². The molecule has 2 aliphatic rings. The number of amidine groups is 1. The van der Waals surface area contributed by atoms with Gasteiger partial charge in [0.05, 0.1) is 35.8 Å². The Morgan fingerprint density at radius 3 is 2.64 bits per heavy atom. The van der Waals surface area contributed by atoms with E-state index in [-0.39, 0.29) is 22.5 Å². The molecular weight excluding hydrogens is 484 g/mol. The third-order valence-corrected chi connectivity index (χ3v) is 6.69. The van der Waals surface area contributed by atoms with Gasteiger partial charge in [-0.25, -0.2) is 18.5 Å². The van der Waals surface area contributed by atoms with Gasteiger partial charge >= 0.3 is 0 Å². The van der Waals surface area contributed by atoms with Crippen LogP contribution in [0.15, 0.2) is 77.9 Å². The molecule has 2 aliphatic heterocycles. The Labute approximate surface area is 211 Å². The Hall–Kier alpha value is -3.75. The highest BCUT2D eigenvalue weighted by Crippen LogP contribution is 2.37. The molecule has 0 radical (unpaired) electrons. The van der Waals surface area contributed by atoms with E-state index in [9.17, 15) is 8.78 Å². The Bertz CT molecular complexity index is 1440. The largest absolute Gasteiger partial charge is 0.372 e. The van der Waals surface area contributed by atoms with Crippen LogP contribution in [0.4, 0.5) is 26.0 Å². The van der Waals surface area contributed by atoms with Gasteiger partial charge in [-0.2, -0.15) is 5.10 Å². The number of aliphatic imine (C=N–C) groups is 1. The number of halogens is 3. The second kappa shape index (κ2) is 9.37. The summed E-state index contributed by atoms with van der Waals surface area (Å²) >= 11 is 6.37. The van der Waals surface area contributed by atoms with E-state index >= 15 is 0 Å². The van der Waals surface area contributed by atoms with Gasteiger partial charge in [0.2, 0.25) is 0 Å². The van der Waals surface area contributed by atoms with Crippen molar-refractivity contribution in [1.82, 2.24) is 9.78 Å². The fourth-order valence-electron chi connectivity index (χ4n) is 4.59. The first-order valence-electron chi connectivity index (χ1n) is 11.7. The van der Waals surface area contributed by atoms with Gasteiger partial charge in [-0.3, -0.25) is 0 Å². The number of nitrogens with zero attached hydrogens (tertiary/aromatic N) is 4. The average molecular weight is 506 g/mol. The zero-order valence-corrected chi connectivity index (χ0v) is 19.9. The van der Waals surface area contributed by atoms with Crippen LogP contribution in [0.25, 0.3) is 5.69 Å². The highest BCUT2D eigenvalue weighted by molar-refractivity contribution is 6.33. The first-order valence-corrected chi connectivity index (χ1v) is 12.0. The standard InChI is InChI=1S/C27H22ClF2N5O/c28-20-14-31-35-24-13-18(34-12-11-19(15-34)36-16-17-5-2-1-3-6-17)9-10-23(24)32-26(33-27(20)35)25-21(29)7-4-8-22(25)30/h1-10,13-14,19H,11-12,15-16H2,(H,32,33). The summed E-state index contributed by atoms with van der Waals surface area (Å²) in [7, 11) is 0. The van der Waals surface area contributed by atoms with Crippen LogP contribution in [-0.4, -0.2) is 34.8 Å². The van der Waals surface area contributed by atoms with Crippen molar-refractivity contribution in [1.29, 1.82) is 0 Å². The predicted octanol–water partition coefficient (Wildman–Crippen LogP) is 6.10. The van der Waals surface area contributed by atoms with Gasteiger partial charge in [0.15, 0.2) is 5.82 Å². The number of aromatic nitrogens is 2. The molecule has 1 N–H and O–H groups in total. The molecule has 0 bridgehead atoms. The summed E-state index contributed by atoms with van der Waals surface area (Å²) < 4.78 is 36.9. The molecule has 1 fully saturated rings. The lowest BCUT2D eigenvalue weighted by atomic mass is 10.1. The minimum Gasteiger partial charge on any atom is -0.372 e. The number of hydrogen-bond acceptors (Lipinski definition) is 5. The Morgan fingerprint density at radius 1 is 1.03 bits per heavy atom. The van der Waals surface area contributed by atoms with Gasteiger partial charge in [0.1, 0.15) is 22.5 Å². The molecule has 0 spiro atoms. The van der Waals surface area contributed by atoms with Crippen LogP contribution >= 0.6 is 11.6 Å². The van der Waals surface area contributed by atoms with E-state index in [0.717, 1.165) is 30.8 Å². The van der Waals surface area contributed by atoms with E-state index in [4.69, 9.17) is 16.3 Å². The second-order valence-corrected chi connectivity index (χ2v) is 9.17. The molecule has 3 heterocycles. The number of benzene rings is 3. The van der Waals surface area contributed by atoms with Crippen molar-refractivity contribution in [3.05, 3.63) is 101 Å². The smallest absolute Gasteiger partial charge is 0.176 e. The first kappa shape index (κ1) is 22.7. The summed E-state index contributed by atoms with van der Waals surface area (Å²) in [5, 5.41) is 7.75. The van der Waals surface area contributed by atoms with E-state index in [1.165, 1.54) is 24.4 Å². The molecule has 3 aromatic carbocycles. The minimum atomic E-state index is -0.720. The van der Waals surface area contributed by atoms with Gasteiger partial charge in [0.25, 0.3) is 0 Å². The van der Waals surface area contributed by atoms with E-state index < -0.39 is 11.6 Å². The van der Waals surface area contributed by atoms with E-state index in [1.807, 2.05) is 36.4 Å². The highest BCUT2D eigenvalue weighted by atomic mass is 35.5. The normalized spacial score (nSPS) is 16.7. The van der Waals surface area contributed by atoms with Crippen LogP contribution in [-0.2, 0) is 11.3 Å². The third kappa shape index (κ3) is 4.23. The first-order chi connectivity index (χ1) is 17.6. The number of nitrogens with one attached hydrogen (secondary N) is 1. The number of fused-ring (bicyclic) bond motifs is 3. The fraction of sp³-hybridized carbons (Fsp3) is 0.185. The van der Waals surface area contributed by atoms with Crippen molar-refractivity contribution in [2.75, 3.05) is 23.3 Å². The second-order valence-electron chi connectivity index (χ2n) is 8.76. The summed E-state index contributed by atoms with van der Waals surface area (Å²) in [6, 6.07) is 19.6. The van der Waals surface area contributed by atoms with Gasteiger partial charge in [0, 0.05) is 18.8 Å². The molecule has 6 nitrogen and oxygen atoms in total. The quantitative estimate of drug-likeness (QED) is 0.356. The molecule has 6 rings (SSSR count). The number of anilines is 2. The molecule has 0 amide bonds. The third-order valence-electron chi connectivity index (χ3n) is 6.42. The van der Waals surface area contributed by atoms with Gasteiger partial charge in [-0.1, -0.05) is 48.0 Å². The van der Waals surface area contributed by atoms with Gasteiger partial charge < -0.3 is 15.0 Å². The van der Waals surface area contributed by atoms with Crippen molar-refractivity contribution in [2.45, 2.75) is 19.1 Å². The van der Waals surface area contributed by atoms with Crippen molar-refractivity contribution in [3.63, 3.8) is 0 Å². The Morgan fingerprint density at radius 2 is 1.83 bits per heavy atom.